The van der Waals surface area contributed by atoms with Crippen molar-refractivity contribution in [3.05, 3.63) is 326 Å². The van der Waals surface area contributed by atoms with Gasteiger partial charge in [-0.15, -0.1) is 41.4 Å². The smallest absolute Gasteiger partial charge is 0.000604 e. The van der Waals surface area contributed by atoms with Crippen molar-refractivity contribution >= 4 is 163 Å². The number of hydrogen-bond acceptors (Lipinski definition) is 0. The van der Waals surface area contributed by atoms with Crippen molar-refractivity contribution in [2.45, 2.75) is 103 Å². The fourth-order valence-corrected chi connectivity index (χ4v) is 29.2. The van der Waals surface area contributed by atoms with Crippen molar-refractivity contribution in [1.29, 1.82) is 0 Å². The fourth-order valence-electron chi connectivity index (χ4n) is 14.7. The molecule has 4 aromatic heterocycles. The van der Waals surface area contributed by atoms with E-state index in [0.717, 1.165) is 96.6 Å². The molecular weight excluding hydrogens is 1450 g/mol. The second-order valence-electron chi connectivity index (χ2n) is 27.5. The van der Waals surface area contributed by atoms with E-state index in [-0.39, 0.29) is 0 Å². The van der Waals surface area contributed by atoms with Crippen LogP contribution in [0.15, 0.2) is 265 Å². The summed E-state index contributed by atoms with van der Waals surface area (Å²) < 4.78 is 0. The predicted octanol–water partition coefficient (Wildman–Crippen LogP) is 23.5. The number of rotatable bonds is 0. The fraction of sp³-hybridized carbons (Fsp3) is 0.261. The zero-order valence-electron chi connectivity index (χ0n) is 59.8. The number of hydrogen-bond donors (Lipinski definition) is 0. The third kappa shape index (κ3) is 23.2. The monoisotopic (exact) mass is 1550 g/mol. The molecule has 0 amide bonds. The largest absolute Gasteiger partial charge is 0.139 e. The third-order valence-corrected chi connectivity index (χ3v) is 35.8. The molecule has 0 radical (unpaired) electrons. The molecule has 0 nitrogen and oxygen atoms in total. The summed E-state index contributed by atoms with van der Waals surface area (Å²) in [5.41, 5.74) is 15.7. The van der Waals surface area contributed by atoms with Crippen LogP contribution in [0, 0.1) is 5.92 Å². The molecule has 8 aromatic carbocycles. The van der Waals surface area contributed by atoms with Crippen LogP contribution in [0.5, 0.6) is 0 Å². The molecule has 526 valence electrons. The summed E-state index contributed by atoms with van der Waals surface area (Å²) in [5.74, 6) is 10.3. The van der Waals surface area contributed by atoms with E-state index < -0.39 is 0 Å². The Kier molecular flexibility index (Phi) is 31.4. The highest BCUT2D eigenvalue weighted by Gasteiger charge is 2.20. The highest BCUT2D eigenvalue weighted by Crippen LogP contribution is 2.39. The summed E-state index contributed by atoms with van der Waals surface area (Å²) in [6.07, 6.45) is 47.1. The lowest BCUT2D eigenvalue weighted by atomic mass is 9.95. The first-order valence-electron chi connectivity index (χ1n) is 37.9. The average molecular weight is 1550 g/mol. The van der Waals surface area contributed by atoms with Gasteiger partial charge in [0.15, 0.2) is 0 Å². The standard InChI is InChI=1S/C13H11P.C12H9P.C10H13P.C9H11P.C9H9P.C8H10P2.C8H11P.C8H9P.C8H11P.C7H9P/c1-3-7-12-10(5-1)9-11-6-2-4-8-13(11)14-12;1-3-7-11-9(5-1)10-6-2-4-8-12(10)13-11;1-2-7-10-9(5-1)6-3-4-8-11-10;2*1-2-6-9-8(4-1)5-3-7-10-9;1-2-4-8-7(3-1)9-5-6-10-8;2*1-2-4-8-6-9-5-7(8)3-1;1-2-4-8-7(3-1)5-6-9-8;1-2-6-4-5-8-7(6)3-1/h1-8,14H,9H2;1-8,13H;1-2,5,7,11H,3-4,6,8H2;1-2,4,6,10H,3,5,7H2;1-6,10H,7H2;1-4,9-10H,5-6H2;1-3,8-9H,4-6H2;1,3,5-6,9H,2,4H2;5-6,9H,1-4H2;4-5,8H,1-3H2. The van der Waals surface area contributed by atoms with E-state index in [9.17, 15) is 0 Å². The Morgan fingerprint density at radius 1 is 0.350 bits per heavy atom. The summed E-state index contributed by atoms with van der Waals surface area (Å²) >= 11 is 0. The molecule has 6 aliphatic heterocycles. The van der Waals surface area contributed by atoms with Crippen molar-refractivity contribution in [2.75, 3.05) is 43.1 Å². The van der Waals surface area contributed by atoms with E-state index in [4.69, 9.17) is 0 Å². The van der Waals surface area contributed by atoms with Crippen LogP contribution in [-0.4, -0.2) is 43.1 Å². The first-order chi connectivity index (χ1) is 51.1. The molecule has 10 atom stereocenters. The maximum Gasteiger partial charge on any atom is -0.000604 e. The van der Waals surface area contributed by atoms with E-state index in [1.165, 1.54) is 207 Å². The number of allylic oxidation sites excluding steroid dienone is 6. The lowest BCUT2D eigenvalue weighted by Crippen LogP contribution is -2.19. The Hall–Kier alpha value is -4.63. The van der Waals surface area contributed by atoms with Gasteiger partial charge in [-0.3, -0.25) is 0 Å². The zero-order valence-corrected chi connectivity index (χ0v) is 70.8. The van der Waals surface area contributed by atoms with E-state index in [1.54, 1.807) is 65.2 Å². The lowest BCUT2D eigenvalue weighted by molar-refractivity contribution is 0.697. The van der Waals surface area contributed by atoms with Gasteiger partial charge in [0.25, 0.3) is 0 Å². The van der Waals surface area contributed by atoms with Crippen molar-refractivity contribution in [2.24, 2.45) is 5.92 Å². The van der Waals surface area contributed by atoms with Gasteiger partial charge in [0.05, 0.1) is 0 Å². The molecule has 10 heterocycles. The van der Waals surface area contributed by atoms with Gasteiger partial charge in [0, 0.05) is 0 Å². The highest BCUT2D eigenvalue weighted by atomic mass is 31.1. The maximum atomic E-state index is 2.36. The minimum Gasteiger partial charge on any atom is -0.139 e. The molecule has 12 aromatic rings. The molecule has 22 rings (SSSR count). The maximum absolute atomic E-state index is 2.36. The summed E-state index contributed by atoms with van der Waals surface area (Å²) in [7, 11) is 11.2. The van der Waals surface area contributed by atoms with Gasteiger partial charge in [-0.1, -0.05) is 306 Å². The Balaban J connectivity index is 0.000000102. The average Bonchev–Trinajstić information content (AvgIpc) is 1.77. The first-order valence-corrected chi connectivity index (χ1v) is 50.6. The quantitative estimate of drug-likeness (QED) is 0.133. The number of benzene rings is 8. The summed E-state index contributed by atoms with van der Waals surface area (Å²) in [4.78, 5) is 0. The molecule has 0 saturated carbocycles. The van der Waals surface area contributed by atoms with E-state index in [0.29, 0.717) is 0 Å². The van der Waals surface area contributed by atoms with Crippen molar-refractivity contribution in [3.63, 3.8) is 0 Å². The van der Waals surface area contributed by atoms with Crippen LogP contribution < -0.4 is 37.1 Å². The van der Waals surface area contributed by atoms with Crippen LogP contribution in [0.2, 0.25) is 0 Å². The van der Waals surface area contributed by atoms with E-state index in [1.807, 2.05) is 0 Å². The van der Waals surface area contributed by atoms with Gasteiger partial charge >= 0.3 is 0 Å². The minimum absolute atomic E-state index is 0.844. The minimum atomic E-state index is 0.844. The zero-order chi connectivity index (χ0) is 69.7. The van der Waals surface area contributed by atoms with Crippen LogP contribution in [-0.2, 0) is 51.4 Å². The Morgan fingerprint density at radius 2 is 0.864 bits per heavy atom. The van der Waals surface area contributed by atoms with Gasteiger partial charge < -0.3 is 0 Å². The van der Waals surface area contributed by atoms with Crippen molar-refractivity contribution < 1.29 is 0 Å². The van der Waals surface area contributed by atoms with Crippen LogP contribution >= 0.6 is 92.8 Å². The summed E-state index contributed by atoms with van der Waals surface area (Å²) in [6, 6.07) is 74.8. The molecule has 0 bridgehead atoms. The predicted molar refractivity (Wildman–Crippen MR) is 492 cm³/mol. The van der Waals surface area contributed by atoms with Gasteiger partial charge in [0.2, 0.25) is 0 Å². The lowest BCUT2D eigenvalue weighted by Gasteiger charge is -2.18. The topological polar surface area (TPSA) is 0 Å². The van der Waals surface area contributed by atoms with Crippen LogP contribution in [0.4, 0.5) is 0 Å². The SMILES string of the molecule is C1=CCC2CPCC2=C1.C1=Cc2c[pH]cc2CC1.C1=Cc2ccccc2PC1.c1cc2c([pH]1)CCC2.c1cc2c([pH]1)CCCC2.c1ccc2c(c1)CCCCP2.c1ccc2c(c1)CCCP2.c1ccc2c(c1)Cc1ccccc1P2.c1ccc2c(c1)PCCP2.c1ccc2c(c1)[pH]c1ccccc12. The van der Waals surface area contributed by atoms with Gasteiger partial charge in [-0.05, 0) is 294 Å². The Morgan fingerprint density at radius 3 is 1.50 bits per heavy atom. The van der Waals surface area contributed by atoms with Crippen LogP contribution in [0.1, 0.15) is 112 Å². The second-order valence-corrected chi connectivity index (χ2v) is 41.6. The normalized spacial score (nSPS) is 18.2. The molecule has 11 heteroatoms. The molecular formula is C92H103P11. The number of fused-ring (bicyclic) bond motifs is 13. The van der Waals surface area contributed by atoms with Crippen LogP contribution in [0.25, 0.3) is 33.2 Å². The highest BCUT2D eigenvalue weighted by molar-refractivity contribution is 7.58. The molecule has 1 saturated heterocycles. The molecule has 1 fully saturated rings. The van der Waals surface area contributed by atoms with Gasteiger partial charge in [-0.25, -0.2) is 0 Å². The van der Waals surface area contributed by atoms with Crippen molar-refractivity contribution in [3.8, 4) is 0 Å². The van der Waals surface area contributed by atoms with E-state index in [2.05, 4.69) is 272 Å². The molecule has 4 aliphatic carbocycles. The van der Waals surface area contributed by atoms with E-state index >= 15 is 0 Å². The van der Waals surface area contributed by atoms with Crippen molar-refractivity contribution in [1.82, 2.24) is 0 Å². The Bertz CT molecular complexity index is 4420. The third-order valence-electron chi connectivity index (χ3n) is 20.3. The second kappa shape index (κ2) is 42.2. The molecule has 0 spiro atoms. The summed E-state index contributed by atoms with van der Waals surface area (Å²) in [6.45, 7) is 0. The Labute approximate surface area is 636 Å². The number of aryl methyl sites for hydroxylation is 7. The molecule has 0 N–H and O–H groups in total. The van der Waals surface area contributed by atoms with Gasteiger partial charge in [-0.2, -0.15) is 0 Å². The molecule has 10 aliphatic rings. The first kappa shape index (κ1) is 76.6. The van der Waals surface area contributed by atoms with Gasteiger partial charge in [0.1, 0.15) is 0 Å². The molecule has 103 heavy (non-hydrogen) atoms. The molecule has 10 unspecified atom stereocenters. The summed E-state index contributed by atoms with van der Waals surface area (Å²) in [5, 5.41) is 20.3. The van der Waals surface area contributed by atoms with Crippen LogP contribution in [0.3, 0.4) is 0 Å².